The summed E-state index contributed by atoms with van der Waals surface area (Å²) in [5.41, 5.74) is 2.75. The number of halogens is 2. The Labute approximate surface area is 253 Å². The number of hydrogen-bond donors (Lipinski definition) is 1. The van der Waals surface area contributed by atoms with Crippen LogP contribution in [-0.4, -0.2) is 43.8 Å². The van der Waals surface area contributed by atoms with Crippen molar-refractivity contribution in [1.82, 2.24) is 10.2 Å². The normalized spacial score (nSPS) is 12.9. The van der Waals surface area contributed by atoms with Gasteiger partial charge in [-0.3, -0.25) is 13.9 Å². The lowest BCUT2D eigenvalue weighted by Crippen LogP contribution is -2.53. The second-order valence-electron chi connectivity index (χ2n) is 10.1. The number of nitrogens with zero attached hydrogens (tertiary/aromatic N) is 2. The maximum atomic E-state index is 14.2. The summed E-state index contributed by atoms with van der Waals surface area (Å²) in [6.45, 7) is 9.00. The second-order valence-corrected chi connectivity index (χ2v) is 12.7. The van der Waals surface area contributed by atoms with E-state index in [1.54, 1.807) is 24.3 Å². The first kappa shape index (κ1) is 32.4. The van der Waals surface area contributed by atoms with Gasteiger partial charge in [0, 0.05) is 12.6 Å². The van der Waals surface area contributed by atoms with E-state index in [2.05, 4.69) is 5.32 Å². The number of carbonyl (C=O) groups excluding carboxylic acids is 2. The Morgan fingerprint density at radius 2 is 1.56 bits per heavy atom. The molecule has 2 amide bonds. The average molecular weight is 619 g/mol. The molecule has 0 saturated carbocycles. The summed E-state index contributed by atoms with van der Waals surface area (Å²) >= 11 is 12.8. The molecule has 0 aliphatic heterocycles. The third-order valence-electron chi connectivity index (χ3n) is 7.08. The molecule has 0 aliphatic carbocycles. The van der Waals surface area contributed by atoms with Crippen LogP contribution in [0.25, 0.3) is 0 Å². The zero-order valence-electron chi connectivity index (χ0n) is 24.0. The number of amides is 2. The van der Waals surface area contributed by atoms with E-state index in [-0.39, 0.29) is 39.1 Å². The molecule has 10 heteroatoms. The van der Waals surface area contributed by atoms with Crippen LogP contribution < -0.4 is 9.62 Å². The van der Waals surface area contributed by atoms with Crippen LogP contribution in [0.4, 0.5) is 5.69 Å². The van der Waals surface area contributed by atoms with Crippen molar-refractivity contribution in [2.45, 2.75) is 71.0 Å². The molecule has 41 heavy (non-hydrogen) atoms. The molecule has 0 radical (unpaired) electrons. The lowest BCUT2D eigenvalue weighted by atomic mass is 10.1. The van der Waals surface area contributed by atoms with Gasteiger partial charge < -0.3 is 10.2 Å². The van der Waals surface area contributed by atoms with Gasteiger partial charge in [0.15, 0.2) is 0 Å². The second kappa shape index (κ2) is 14.2. The minimum absolute atomic E-state index is 0.000971. The van der Waals surface area contributed by atoms with E-state index >= 15 is 0 Å². The van der Waals surface area contributed by atoms with Crippen molar-refractivity contribution in [3.05, 3.63) is 93.5 Å². The largest absolute Gasteiger partial charge is 0.352 e. The molecule has 0 fully saturated rings. The van der Waals surface area contributed by atoms with E-state index in [0.29, 0.717) is 6.42 Å². The number of nitrogens with one attached hydrogen (secondary N) is 1. The number of anilines is 1. The average Bonchev–Trinajstić information content (AvgIpc) is 2.94. The van der Waals surface area contributed by atoms with Crippen LogP contribution in [0.2, 0.25) is 10.0 Å². The highest BCUT2D eigenvalue weighted by Crippen LogP contribution is 2.35. The third kappa shape index (κ3) is 7.82. The zero-order valence-corrected chi connectivity index (χ0v) is 26.4. The van der Waals surface area contributed by atoms with Crippen molar-refractivity contribution < 1.29 is 18.0 Å². The fraction of sp³-hybridized carbons (Fsp3) is 0.355. The minimum atomic E-state index is -4.25. The van der Waals surface area contributed by atoms with Crippen LogP contribution >= 0.6 is 23.2 Å². The number of hydrogen-bond acceptors (Lipinski definition) is 4. The summed E-state index contributed by atoms with van der Waals surface area (Å²) in [7, 11) is -4.25. The fourth-order valence-corrected chi connectivity index (χ4v) is 6.24. The van der Waals surface area contributed by atoms with E-state index in [1.807, 2.05) is 58.9 Å². The molecule has 0 aromatic heterocycles. The molecule has 0 saturated heterocycles. The molecule has 220 valence electrons. The van der Waals surface area contributed by atoms with Crippen molar-refractivity contribution in [3.8, 4) is 0 Å². The van der Waals surface area contributed by atoms with Crippen molar-refractivity contribution in [2.24, 2.45) is 0 Å². The van der Waals surface area contributed by atoms with Crippen LogP contribution in [0.15, 0.2) is 71.6 Å². The first-order valence-electron chi connectivity index (χ1n) is 13.6. The fourth-order valence-electron chi connectivity index (χ4n) is 4.37. The highest BCUT2D eigenvalue weighted by molar-refractivity contribution is 7.92. The molecular formula is C31H37Cl2N3O4S. The van der Waals surface area contributed by atoms with Crippen LogP contribution in [0, 0.1) is 13.8 Å². The molecule has 2 atom stereocenters. The number of aryl methyl sites for hydroxylation is 2. The molecule has 3 aromatic carbocycles. The van der Waals surface area contributed by atoms with Crippen LogP contribution in [0.5, 0.6) is 0 Å². The number of benzene rings is 3. The lowest BCUT2D eigenvalue weighted by Gasteiger charge is -2.34. The van der Waals surface area contributed by atoms with Gasteiger partial charge in [-0.25, -0.2) is 8.42 Å². The summed E-state index contributed by atoms with van der Waals surface area (Å²) in [6, 6.07) is 17.6. The van der Waals surface area contributed by atoms with Crippen LogP contribution in [0.3, 0.4) is 0 Å². The van der Waals surface area contributed by atoms with Gasteiger partial charge >= 0.3 is 0 Å². The molecule has 0 bridgehead atoms. The predicted octanol–water partition coefficient (Wildman–Crippen LogP) is 6.53. The molecule has 0 unspecified atom stereocenters. The van der Waals surface area contributed by atoms with E-state index in [0.717, 1.165) is 27.4 Å². The van der Waals surface area contributed by atoms with Gasteiger partial charge in [-0.15, -0.1) is 0 Å². The molecule has 7 nitrogen and oxygen atoms in total. The smallest absolute Gasteiger partial charge is 0.264 e. The molecule has 1 N–H and O–H groups in total. The van der Waals surface area contributed by atoms with Gasteiger partial charge in [0.2, 0.25) is 11.8 Å². The SMILES string of the molecule is CC[C@@H](C)NC(=O)[C@H](CC)N(Cc1ccccc1C)C(=O)CN(c1cccc(Cl)c1Cl)S(=O)(=O)c1ccc(C)cc1. The summed E-state index contributed by atoms with van der Waals surface area (Å²) in [5.74, 6) is -0.844. The Balaban J connectivity index is 2.11. The molecule has 0 heterocycles. The third-order valence-corrected chi connectivity index (χ3v) is 9.66. The van der Waals surface area contributed by atoms with Gasteiger partial charge in [0.1, 0.15) is 12.6 Å². The Kier molecular flexibility index (Phi) is 11.2. The molecular weight excluding hydrogens is 581 g/mol. The van der Waals surface area contributed by atoms with Crippen LogP contribution in [0.1, 0.15) is 50.3 Å². The Bertz CT molecular complexity index is 1480. The van der Waals surface area contributed by atoms with Crippen molar-refractivity contribution in [1.29, 1.82) is 0 Å². The Morgan fingerprint density at radius 3 is 2.17 bits per heavy atom. The van der Waals surface area contributed by atoms with Crippen molar-refractivity contribution in [2.75, 3.05) is 10.8 Å². The Morgan fingerprint density at radius 1 is 0.902 bits per heavy atom. The quantitative estimate of drug-likeness (QED) is 0.250. The highest BCUT2D eigenvalue weighted by Gasteiger charge is 2.35. The molecule has 3 rings (SSSR count). The van der Waals surface area contributed by atoms with Gasteiger partial charge in [-0.2, -0.15) is 0 Å². The van der Waals surface area contributed by atoms with E-state index in [1.165, 1.54) is 23.1 Å². The van der Waals surface area contributed by atoms with Gasteiger partial charge in [0.25, 0.3) is 10.0 Å². The van der Waals surface area contributed by atoms with E-state index in [4.69, 9.17) is 23.2 Å². The van der Waals surface area contributed by atoms with Gasteiger partial charge in [0.05, 0.1) is 20.6 Å². The first-order valence-corrected chi connectivity index (χ1v) is 15.8. The lowest BCUT2D eigenvalue weighted by molar-refractivity contribution is -0.140. The predicted molar refractivity (Wildman–Crippen MR) is 166 cm³/mol. The molecule has 0 aliphatic rings. The summed E-state index contributed by atoms with van der Waals surface area (Å²) in [5, 5.41) is 3.13. The van der Waals surface area contributed by atoms with Crippen molar-refractivity contribution >= 4 is 50.7 Å². The summed E-state index contributed by atoms with van der Waals surface area (Å²) in [4.78, 5) is 29.0. The van der Waals surface area contributed by atoms with Gasteiger partial charge in [-0.05, 0) is 69.0 Å². The zero-order chi connectivity index (χ0) is 30.3. The molecule has 3 aromatic rings. The Hall–Kier alpha value is -3.07. The minimum Gasteiger partial charge on any atom is -0.352 e. The monoisotopic (exact) mass is 617 g/mol. The molecule has 0 spiro atoms. The standard InChI is InChI=1S/C31H37Cl2N3O4S/c1-6-23(5)34-31(38)27(7-2)35(19-24-12-9-8-11-22(24)4)29(37)20-36(28-14-10-13-26(32)30(28)33)41(39,40)25-17-15-21(3)16-18-25/h8-18,23,27H,6-7,19-20H2,1-5H3,(H,34,38)/t23-,27+/m1/s1. The summed E-state index contributed by atoms with van der Waals surface area (Å²) < 4.78 is 29.0. The highest BCUT2D eigenvalue weighted by atomic mass is 35.5. The van der Waals surface area contributed by atoms with Gasteiger partial charge in [-0.1, -0.05) is 85.1 Å². The first-order chi connectivity index (χ1) is 19.4. The number of rotatable bonds is 12. The van der Waals surface area contributed by atoms with Crippen LogP contribution in [-0.2, 0) is 26.2 Å². The number of sulfonamides is 1. The van der Waals surface area contributed by atoms with E-state index in [9.17, 15) is 18.0 Å². The summed E-state index contributed by atoms with van der Waals surface area (Å²) in [6.07, 6.45) is 1.06. The maximum Gasteiger partial charge on any atom is 0.264 e. The topological polar surface area (TPSA) is 86.8 Å². The van der Waals surface area contributed by atoms with E-state index < -0.39 is 28.5 Å². The number of carbonyl (C=O) groups is 2. The maximum absolute atomic E-state index is 14.2. The van der Waals surface area contributed by atoms with Crippen molar-refractivity contribution in [3.63, 3.8) is 0 Å².